The summed E-state index contributed by atoms with van der Waals surface area (Å²) in [5.41, 5.74) is 0. The van der Waals surface area contributed by atoms with Gasteiger partial charge in [0.25, 0.3) is 0 Å². The van der Waals surface area contributed by atoms with Crippen LogP contribution in [0.15, 0.2) is 0 Å². The third-order valence-electron chi connectivity index (χ3n) is 2.06. The van der Waals surface area contributed by atoms with E-state index in [9.17, 15) is 0 Å². The third-order valence-corrected chi connectivity index (χ3v) is 3.23. The molecule has 0 amide bonds. The first kappa shape index (κ1) is 11.3. The van der Waals surface area contributed by atoms with Crippen molar-refractivity contribution in [2.45, 2.75) is 18.9 Å². The lowest BCUT2D eigenvalue weighted by Gasteiger charge is -2.10. The quantitative estimate of drug-likeness (QED) is 0.593. The topological polar surface area (TPSA) is 41.5 Å². The fraction of sp³-hybridized carbons (Fsp3) is 1.00. The second-order valence-electron chi connectivity index (χ2n) is 3.20. The lowest BCUT2D eigenvalue weighted by atomic mass is 10.2. The molecule has 0 aromatic carbocycles. The van der Waals surface area contributed by atoms with Gasteiger partial charge in [-0.1, -0.05) is 0 Å². The number of aliphatic hydroxyl groups excluding tert-OH is 1. The Labute approximate surface area is 84.2 Å². The third kappa shape index (κ3) is 5.52. The summed E-state index contributed by atoms with van der Waals surface area (Å²) in [6.45, 7) is 2.40. The molecule has 1 aliphatic heterocycles. The Morgan fingerprint density at radius 1 is 1.46 bits per heavy atom. The Kier molecular flexibility index (Phi) is 6.62. The standard InChI is InChI=1S/C9H19NO2S/c11-4-6-12-5-1-3-10-9-2-7-13-8-9/h9-11H,1-8H2. The first-order chi connectivity index (χ1) is 6.43. The molecule has 1 aliphatic rings. The number of nitrogens with one attached hydrogen (secondary N) is 1. The molecule has 4 heteroatoms. The van der Waals surface area contributed by atoms with E-state index in [-0.39, 0.29) is 6.61 Å². The molecule has 1 heterocycles. The molecule has 13 heavy (non-hydrogen) atoms. The van der Waals surface area contributed by atoms with Crippen LogP contribution < -0.4 is 5.32 Å². The summed E-state index contributed by atoms with van der Waals surface area (Å²) in [6, 6.07) is 0.725. The predicted molar refractivity (Wildman–Crippen MR) is 56.3 cm³/mol. The summed E-state index contributed by atoms with van der Waals surface area (Å²) in [6.07, 6.45) is 2.35. The molecule has 1 saturated heterocycles. The molecule has 0 radical (unpaired) electrons. The maximum atomic E-state index is 8.45. The van der Waals surface area contributed by atoms with Crippen LogP contribution in [-0.4, -0.2) is 49.0 Å². The predicted octanol–water partition coefficient (Wildman–Crippen LogP) is 0.480. The Bertz CT molecular complexity index is 118. The van der Waals surface area contributed by atoms with Gasteiger partial charge in [0, 0.05) is 18.4 Å². The highest BCUT2D eigenvalue weighted by Crippen LogP contribution is 2.16. The van der Waals surface area contributed by atoms with Gasteiger partial charge in [0.1, 0.15) is 0 Å². The maximum Gasteiger partial charge on any atom is 0.0697 e. The normalized spacial score (nSPS) is 22.4. The van der Waals surface area contributed by atoms with Crippen LogP contribution in [0.25, 0.3) is 0 Å². The van der Waals surface area contributed by atoms with Gasteiger partial charge in [0.15, 0.2) is 0 Å². The first-order valence-electron chi connectivity index (χ1n) is 4.93. The van der Waals surface area contributed by atoms with Gasteiger partial charge in [-0.15, -0.1) is 0 Å². The Morgan fingerprint density at radius 3 is 3.08 bits per heavy atom. The van der Waals surface area contributed by atoms with E-state index in [1.165, 1.54) is 17.9 Å². The maximum absolute atomic E-state index is 8.45. The van der Waals surface area contributed by atoms with E-state index in [2.05, 4.69) is 5.32 Å². The largest absolute Gasteiger partial charge is 0.394 e. The van der Waals surface area contributed by atoms with Gasteiger partial charge in [-0.2, -0.15) is 11.8 Å². The fourth-order valence-electron chi connectivity index (χ4n) is 1.34. The minimum absolute atomic E-state index is 0.132. The van der Waals surface area contributed by atoms with Crippen molar-refractivity contribution >= 4 is 11.8 Å². The van der Waals surface area contributed by atoms with E-state index >= 15 is 0 Å². The molecule has 0 spiro atoms. The molecule has 1 unspecified atom stereocenters. The van der Waals surface area contributed by atoms with Gasteiger partial charge < -0.3 is 15.2 Å². The van der Waals surface area contributed by atoms with Gasteiger partial charge in [-0.25, -0.2) is 0 Å². The second kappa shape index (κ2) is 7.62. The van der Waals surface area contributed by atoms with Crippen LogP contribution in [0.1, 0.15) is 12.8 Å². The van der Waals surface area contributed by atoms with Crippen LogP contribution in [0.4, 0.5) is 0 Å². The number of hydrogen-bond acceptors (Lipinski definition) is 4. The average Bonchev–Trinajstić information content (AvgIpc) is 2.63. The molecule has 0 aliphatic carbocycles. The summed E-state index contributed by atoms with van der Waals surface area (Å²) in [5, 5.41) is 11.9. The van der Waals surface area contributed by atoms with Crippen molar-refractivity contribution in [3.63, 3.8) is 0 Å². The molecule has 78 valence electrons. The van der Waals surface area contributed by atoms with Crippen molar-refractivity contribution in [2.24, 2.45) is 0 Å². The van der Waals surface area contributed by atoms with Gasteiger partial charge in [0.2, 0.25) is 0 Å². The highest BCUT2D eigenvalue weighted by molar-refractivity contribution is 7.99. The summed E-state index contributed by atoms with van der Waals surface area (Å²) >= 11 is 2.03. The zero-order chi connectivity index (χ0) is 9.36. The molecule has 1 rings (SSSR count). The van der Waals surface area contributed by atoms with Crippen molar-refractivity contribution in [3.8, 4) is 0 Å². The molecule has 0 saturated carbocycles. The monoisotopic (exact) mass is 205 g/mol. The van der Waals surface area contributed by atoms with E-state index in [1.807, 2.05) is 11.8 Å². The first-order valence-corrected chi connectivity index (χ1v) is 6.08. The minimum Gasteiger partial charge on any atom is -0.394 e. The van der Waals surface area contributed by atoms with Gasteiger partial charge >= 0.3 is 0 Å². The summed E-state index contributed by atoms with van der Waals surface area (Å²) < 4.78 is 5.15. The van der Waals surface area contributed by atoms with Gasteiger partial charge in [-0.05, 0) is 25.1 Å². The van der Waals surface area contributed by atoms with Crippen LogP contribution in [0, 0.1) is 0 Å². The summed E-state index contributed by atoms with van der Waals surface area (Å²) in [7, 11) is 0. The Balaban J connectivity index is 1.78. The zero-order valence-electron chi connectivity index (χ0n) is 8.00. The number of ether oxygens (including phenoxy) is 1. The number of thioether (sulfide) groups is 1. The van der Waals surface area contributed by atoms with Crippen LogP contribution in [0.2, 0.25) is 0 Å². The summed E-state index contributed by atoms with van der Waals surface area (Å²) in [5.74, 6) is 2.57. The highest BCUT2D eigenvalue weighted by atomic mass is 32.2. The van der Waals surface area contributed by atoms with E-state index in [4.69, 9.17) is 9.84 Å². The lowest BCUT2D eigenvalue weighted by Crippen LogP contribution is -2.30. The fourth-order valence-corrected chi connectivity index (χ4v) is 2.53. The Hall–Kier alpha value is 0.230. The smallest absolute Gasteiger partial charge is 0.0697 e. The molecule has 0 aromatic heterocycles. The summed E-state index contributed by atoms with van der Waals surface area (Å²) in [4.78, 5) is 0. The second-order valence-corrected chi connectivity index (χ2v) is 4.35. The Morgan fingerprint density at radius 2 is 2.38 bits per heavy atom. The highest BCUT2D eigenvalue weighted by Gasteiger charge is 2.13. The van der Waals surface area contributed by atoms with E-state index in [0.29, 0.717) is 6.61 Å². The minimum atomic E-state index is 0.132. The van der Waals surface area contributed by atoms with Crippen LogP contribution in [-0.2, 0) is 4.74 Å². The van der Waals surface area contributed by atoms with Crippen molar-refractivity contribution in [3.05, 3.63) is 0 Å². The van der Waals surface area contributed by atoms with E-state index < -0.39 is 0 Å². The average molecular weight is 205 g/mol. The van der Waals surface area contributed by atoms with E-state index in [1.54, 1.807) is 0 Å². The molecule has 1 atom stereocenters. The SMILES string of the molecule is OCCOCCCNC1CCSC1. The van der Waals surface area contributed by atoms with Crippen molar-refractivity contribution in [1.29, 1.82) is 0 Å². The number of aliphatic hydroxyl groups is 1. The molecular formula is C9H19NO2S. The van der Waals surface area contributed by atoms with Crippen molar-refractivity contribution in [2.75, 3.05) is 37.9 Å². The number of hydrogen-bond donors (Lipinski definition) is 2. The lowest BCUT2D eigenvalue weighted by molar-refractivity contribution is 0.0905. The van der Waals surface area contributed by atoms with Crippen LogP contribution >= 0.6 is 11.8 Å². The molecule has 2 N–H and O–H groups in total. The van der Waals surface area contributed by atoms with Crippen LogP contribution in [0.5, 0.6) is 0 Å². The molecule has 0 aromatic rings. The molecular weight excluding hydrogens is 186 g/mol. The molecule has 0 bridgehead atoms. The van der Waals surface area contributed by atoms with Crippen molar-refractivity contribution < 1.29 is 9.84 Å². The van der Waals surface area contributed by atoms with Crippen LogP contribution in [0.3, 0.4) is 0 Å². The number of rotatable bonds is 7. The molecule has 3 nitrogen and oxygen atoms in total. The molecule has 1 fully saturated rings. The van der Waals surface area contributed by atoms with Gasteiger partial charge in [-0.3, -0.25) is 0 Å². The zero-order valence-corrected chi connectivity index (χ0v) is 8.81. The van der Waals surface area contributed by atoms with E-state index in [0.717, 1.165) is 25.6 Å². The van der Waals surface area contributed by atoms with Crippen molar-refractivity contribution in [1.82, 2.24) is 5.32 Å². The van der Waals surface area contributed by atoms with Gasteiger partial charge in [0.05, 0.1) is 13.2 Å².